The van der Waals surface area contributed by atoms with Crippen LogP contribution in [0.15, 0.2) is 0 Å². The summed E-state index contributed by atoms with van der Waals surface area (Å²) in [5.41, 5.74) is -1.09. The molecule has 0 aromatic rings. The first-order valence-electron chi connectivity index (χ1n) is 10.2. The van der Waals surface area contributed by atoms with Gasteiger partial charge in [0.1, 0.15) is 17.2 Å². The first-order valence-corrected chi connectivity index (χ1v) is 11.3. The summed E-state index contributed by atoms with van der Waals surface area (Å²) < 4.78 is 11.2. The minimum absolute atomic E-state index is 0.0967. The van der Waals surface area contributed by atoms with Crippen LogP contribution in [0, 0.1) is 5.92 Å². The Balaban J connectivity index is 2.94. The van der Waals surface area contributed by atoms with Crippen molar-refractivity contribution in [3.63, 3.8) is 0 Å². The van der Waals surface area contributed by atoms with E-state index in [1.165, 1.54) is 19.3 Å². The molecule has 1 aliphatic rings. The molecule has 0 aromatic carbocycles. The fraction of sp³-hybridized carbons (Fsp3) is 0.905. The average Bonchev–Trinajstić information content (AvgIpc) is 2.49. The molecule has 0 aromatic heterocycles. The van der Waals surface area contributed by atoms with Gasteiger partial charge in [0.2, 0.25) is 0 Å². The van der Waals surface area contributed by atoms with Gasteiger partial charge in [0.05, 0.1) is 6.54 Å². The number of carbonyl (C=O) groups is 2. The molecule has 0 bridgehead atoms. The summed E-state index contributed by atoms with van der Waals surface area (Å²) in [7, 11) is 0. The summed E-state index contributed by atoms with van der Waals surface area (Å²) in [6, 6.07) is -0.419. The summed E-state index contributed by atoms with van der Waals surface area (Å²) >= 11 is 3.46. The van der Waals surface area contributed by atoms with Crippen molar-refractivity contribution in [2.75, 3.05) is 18.4 Å². The Hall–Kier alpha value is -0.620. The maximum absolute atomic E-state index is 13.0. The predicted octanol–water partition coefficient (Wildman–Crippen LogP) is 4.71. The lowest BCUT2D eigenvalue weighted by atomic mass is 9.84. The van der Waals surface area contributed by atoms with Gasteiger partial charge in [-0.25, -0.2) is 0 Å². The number of rotatable bonds is 8. The van der Waals surface area contributed by atoms with Crippen LogP contribution in [0.25, 0.3) is 0 Å². The molecule has 1 fully saturated rings. The van der Waals surface area contributed by atoms with Gasteiger partial charge in [0, 0.05) is 11.9 Å². The Morgan fingerprint density at radius 3 is 2.04 bits per heavy atom. The van der Waals surface area contributed by atoms with Crippen molar-refractivity contribution in [1.29, 1.82) is 0 Å². The van der Waals surface area contributed by atoms with E-state index in [1.54, 1.807) is 0 Å². The second kappa shape index (κ2) is 10.8. The summed E-state index contributed by atoms with van der Waals surface area (Å²) in [6.07, 6.45) is 6.75. The Morgan fingerprint density at radius 2 is 1.56 bits per heavy atom. The molecule has 0 N–H and O–H groups in total. The van der Waals surface area contributed by atoms with Crippen molar-refractivity contribution in [2.45, 2.75) is 97.3 Å². The van der Waals surface area contributed by atoms with Gasteiger partial charge in [0.25, 0.3) is 0 Å². The second-order valence-electron chi connectivity index (χ2n) is 9.53. The quantitative estimate of drug-likeness (QED) is 0.398. The lowest BCUT2D eigenvalue weighted by molar-refractivity contribution is -0.165. The number of nitrogens with zero attached hydrogens (tertiary/aromatic N) is 1. The first-order chi connectivity index (χ1) is 12.4. The molecule has 1 rings (SSSR count). The number of hydrogen-bond donors (Lipinski definition) is 0. The summed E-state index contributed by atoms with van der Waals surface area (Å²) in [6.45, 7) is 11.9. The number of carbonyl (C=O) groups excluding carboxylic acids is 2. The molecular weight excluding hydrogens is 410 g/mol. The smallest absolute Gasteiger partial charge is 0.323 e. The molecule has 5 nitrogen and oxygen atoms in total. The fourth-order valence-electron chi connectivity index (χ4n) is 3.50. The van der Waals surface area contributed by atoms with Crippen LogP contribution in [-0.2, 0) is 19.1 Å². The molecule has 0 radical (unpaired) electrons. The highest BCUT2D eigenvalue weighted by molar-refractivity contribution is 9.09. The van der Waals surface area contributed by atoms with E-state index in [4.69, 9.17) is 9.47 Å². The van der Waals surface area contributed by atoms with Gasteiger partial charge >= 0.3 is 11.9 Å². The first kappa shape index (κ1) is 24.4. The molecule has 6 heteroatoms. The highest BCUT2D eigenvalue weighted by Gasteiger charge is 2.34. The van der Waals surface area contributed by atoms with Crippen LogP contribution in [0.3, 0.4) is 0 Å². The van der Waals surface area contributed by atoms with E-state index in [-0.39, 0.29) is 18.5 Å². The van der Waals surface area contributed by atoms with Crippen molar-refractivity contribution >= 4 is 27.9 Å². The van der Waals surface area contributed by atoms with E-state index >= 15 is 0 Å². The van der Waals surface area contributed by atoms with Crippen LogP contribution in [0.1, 0.15) is 80.1 Å². The van der Waals surface area contributed by atoms with Gasteiger partial charge in [-0.05, 0) is 53.9 Å². The fourth-order valence-corrected chi connectivity index (χ4v) is 3.95. The average molecular weight is 448 g/mol. The number of esters is 2. The monoisotopic (exact) mass is 447 g/mol. The van der Waals surface area contributed by atoms with Crippen molar-refractivity contribution in [1.82, 2.24) is 4.90 Å². The Kier molecular flexibility index (Phi) is 9.76. The molecule has 158 valence electrons. The van der Waals surface area contributed by atoms with Crippen LogP contribution in [0.5, 0.6) is 0 Å². The van der Waals surface area contributed by atoms with Crippen molar-refractivity contribution in [3.05, 3.63) is 0 Å². The molecule has 0 saturated heterocycles. The molecule has 0 unspecified atom stereocenters. The Labute approximate surface area is 173 Å². The summed E-state index contributed by atoms with van der Waals surface area (Å²) in [5, 5.41) is 0.680. The topological polar surface area (TPSA) is 55.8 Å². The van der Waals surface area contributed by atoms with E-state index in [1.807, 2.05) is 46.4 Å². The maximum atomic E-state index is 13.0. The number of hydrogen-bond acceptors (Lipinski definition) is 5. The van der Waals surface area contributed by atoms with Gasteiger partial charge in [0.15, 0.2) is 0 Å². The third kappa shape index (κ3) is 10.5. The van der Waals surface area contributed by atoms with Crippen molar-refractivity contribution < 1.29 is 19.1 Å². The van der Waals surface area contributed by atoms with Crippen LogP contribution < -0.4 is 0 Å². The molecule has 1 aliphatic carbocycles. The maximum Gasteiger partial charge on any atom is 0.323 e. The zero-order valence-electron chi connectivity index (χ0n) is 18.0. The third-order valence-electron chi connectivity index (χ3n) is 4.52. The van der Waals surface area contributed by atoms with Gasteiger partial charge in [-0.15, -0.1) is 0 Å². The second-order valence-corrected chi connectivity index (χ2v) is 10.3. The number of alkyl halides is 1. The molecule has 1 atom stereocenters. The highest BCUT2D eigenvalue weighted by atomic mass is 79.9. The summed E-state index contributed by atoms with van der Waals surface area (Å²) in [5.74, 6) is -0.0361. The standard InChI is InChI=1S/C21H38BrNO4/c1-20(2,3)26-18(24)15-23(13-12-22)17(19(25)27-21(4,5)6)14-16-10-8-7-9-11-16/h16-17H,7-15H2,1-6H3/t17-/m0/s1. The lowest BCUT2D eigenvalue weighted by Crippen LogP contribution is -2.49. The minimum Gasteiger partial charge on any atom is -0.459 e. The van der Waals surface area contributed by atoms with Crippen LogP contribution in [0.2, 0.25) is 0 Å². The van der Waals surface area contributed by atoms with Gasteiger partial charge in [-0.1, -0.05) is 48.0 Å². The van der Waals surface area contributed by atoms with Crippen LogP contribution >= 0.6 is 15.9 Å². The largest absolute Gasteiger partial charge is 0.459 e. The van der Waals surface area contributed by atoms with Crippen LogP contribution in [-0.4, -0.2) is 52.5 Å². The SMILES string of the molecule is CC(C)(C)OC(=O)CN(CCBr)[C@@H](CC1CCCCC1)C(=O)OC(C)(C)C. The zero-order chi connectivity index (χ0) is 20.7. The predicted molar refractivity (Wildman–Crippen MR) is 112 cm³/mol. The zero-order valence-corrected chi connectivity index (χ0v) is 19.6. The van der Waals surface area contributed by atoms with E-state index in [9.17, 15) is 9.59 Å². The van der Waals surface area contributed by atoms with E-state index < -0.39 is 17.2 Å². The molecule has 0 spiro atoms. The molecule has 0 amide bonds. The molecule has 27 heavy (non-hydrogen) atoms. The normalized spacial score (nSPS) is 17.6. The third-order valence-corrected chi connectivity index (χ3v) is 4.88. The number of ether oxygens (including phenoxy) is 2. The van der Waals surface area contributed by atoms with Crippen molar-refractivity contribution in [2.24, 2.45) is 5.92 Å². The lowest BCUT2D eigenvalue weighted by Gasteiger charge is -2.35. The van der Waals surface area contributed by atoms with Gasteiger partial charge < -0.3 is 9.47 Å². The van der Waals surface area contributed by atoms with E-state index in [0.29, 0.717) is 17.8 Å². The summed E-state index contributed by atoms with van der Waals surface area (Å²) in [4.78, 5) is 27.3. The van der Waals surface area contributed by atoms with Crippen molar-refractivity contribution in [3.8, 4) is 0 Å². The van der Waals surface area contributed by atoms with Gasteiger partial charge in [-0.3, -0.25) is 14.5 Å². The van der Waals surface area contributed by atoms with E-state index in [2.05, 4.69) is 15.9 Å². The molecule has 0 heterocycles. The number of halogens is 1. The minimum atomic E-state index is -0.548. The Morgan fingerprint density at radius 1 is 1.00 bits per heavy atom. The molecular formula is C21H38BrNO4. The van der Waals surface area contributed by atoms with Crippen LogP contribution in [0.4, 0.5) is 0 Å². The van der Waals surface area contributed by atoms with Gasteiger partial charge in [-0.2, -0.15) is 0 Å². The molecule has 1 saturated carbocycles. The highest BCUT2D eigenvalue weighted by Crippen LogP contribution is 2.29. The molecule has 0 aliphatic heterocycles. The Bertz CT molecular complexity index is 476. The van der Waals surface area contributed by atoms with E-state index in [0.717, 1.165) is 19.3 Å².